The van der Waals surface area contributed by atoms with Gasteiger partial charge in [-0.25, -0.2) is 8.42 Å². The molecule has 1 unspecified atom stereocenters. The number of thiophene rings is 1. The van der Waals surface area contributed by atoms with E-state index >= 15 is 0 Å². The Bertz CT molecular complexity index is 1160. The molecule has 2 heterocycles. The molecule has 1 atom stereocenters. The summed E-state index contributed by atoms with van der Waals surface area (Å²) < 4.78 is 27.8. The fourth-order valence-corrected chi connectivity index (χ4v) is 8.46. The maximum atomic E-state index is 13.1. The van der Waals surface area contributed by atoms with Crippen molar-refractivity contribution in [2.24, 2.45) is 11.8 Å². The molecule has 1 aromatic carbocycles. The summed E-state index contributed by atoms with van der Waals surface area (Å²) in [6, 6.07) is 9.31. The van der Waals surface area contributed by atoms with E-state index in [1.54, 1.807) is 12.1 Å². The summed E-state index contributed by atoms with van der Waals surface area (Å²) in [5, 5.41) is 13.3. The van der Waals surface area contributed by atoms with E-state index in [0.717, 1.165) is 29.7 Å². The van der Waals surface area contributed by atoms with Gasteiger partial charge in [0.15, 0.2) is 0 Å². The van der Waals surface area contributed by atoms with Crippen LogP contribution < -0.4 is 5.32 Å². The minimum atomic E-state index is -3.59. The third-order valence-corrected chi connectivity index (χ3v) is 10.4. The Morgan fingerprint density at radius 3 is 2.66 bits per heavy atom. The molecule has 0 radical (unpaired) electrons. The number of nitrogens with one attached hydrogen (secondary N) is 1. The van der Waals surface area contributed by atoms with Crippen LogP contribution >= 0.6 is 23.1 Å². The number of nitrogens with zero attached hydrogens (tertiary/aromatic N) is 2. The molecular formula is C23H27N3O3S3. The molecule has 2 aromatic rings. The van der Waals surface area contributed by atoms with Gasteiger partial charge in [-0.3, -0.25) is 4.79 Å². The van der Waals surface area contributed by atoms with Gasteiger partial charge in [-0.15, -0.1) is 23.1 Å². The summed E-state index contributed by atoms with van der Waals surface area (Å²) >= 11 is 2.94. The molecule has 9 heteroatoms. The van der Waals surface area contributed by atoms with E-state index in [-0.39, 0.29) is 11.8 Å². The first-order valence-electron chi connectivity index (χ1n) is 10.8. The number of amides is 1. The highest BCUT2D eigenvalue weighted by Gasteiger charge is 2.34. The van der Waals surface area contributed by atoms with Crippen LogP contribution in [0, 0.1) is 23.2 Å². The highest BCUT2D eigenvalue weighted by atomic mass is 32.2. The molecule has 0 spiro atoms. The molecule has 0 bridgehead atoms. The predicted octanol–water partition coefficient (Wildman–Crippen LogP) is 4.51. The van der Waals surface area contributed by atoms with Crippen LogP contribution in [-0.2, 0) is 27.7 Å². The minimum absolute atomic E-state index is 0.116. The van der Waals surface area contributed by atoms with Gasteiger partial charge in [0, 0.05) is 28.8 Å². The zero-order valence-electron chi connectivity index (χ0n) is 18.3. The van der Waals surface area contributed by atoms with Gasteiger partial charge in [0.2, 0.25) is 15.9 Å². The van der Waals surface area contributed by atoms with E-state index in [4.69, 9.17) is 0 Å². The third kappa shape index (κ3) is 4.46. The highest BCUT2D eigenvalue weighted by molar-refractivity contribution is 7.99. The lowest BCUT2D eigenvalue weighted by molar-refractivity contribution is -0.120. The van der Waals surface area contributed by atoms with Crippen LogP contribution in [0.15, 0.2) is 34.1 Å². The lowest BCUT2D eigenvalue weighted by Gasteiger charge is -2.30. The lowest BCUT2D eigenvalue weighted by atomic mass is 9.88. The average Bonchev–Trinajstić information content (AvgIpc) is 3.14. The first-order valence-corrected chi connectivity index (χ1v) is 14.3. The molecule has 1 fully saturated rings. The molecule has 2 aliphatic rings. The minimum Gasteiger partial charge on any atom is -0.316 e. The Morgan fingerprint density at radius 2 is 1.97 bits per heavy atom. The van der Waals surface area contributed by atoms with Crippen molar-refractivity contribution in [2.75, 3.05) is 24.7 Å². The quantitative estimate of drug-likeness (QED) is 0.624. The number of sulfonamides is 1. The van der Waals surface area contributed by atoms with Gasteiger partial charge in [0.1, 0.15) is 11.1 Å². The van der Waals surface area contributed by atoms with Crippen LogP contribution in [0.2, 0.25) is 0 Å². The number of carbonyl (C=O) groups is 1. The van der Waals surface area contributed by atoms with Crippen molar-refractivity contribution in [3.8, 4) is 6.07 Å². The second-order valence-corrected chi connectivity index (χ2v) is 12.3. The number of fused-ring (bicyclic) bond motifs is 1. The highest BCUT2D eigenvalue weighted by Crippen LogP contribution is 2.39. The molecule has 0 saturated carbocycles. The van der Waals surface area contributed by atoms with Crippen LogP contribution in [0.3, 0.4) is 0 Å². The van der Waals surface area contributed by atoms with E-state index in [9.17, 15) is 18.5 Å². The van der Waals surface area contributed by atoms with Crippen molar-refractivity contribution >= 4 is 44.0 Å². The molecule has 4 rings (SSSR count). The van der Waals surface area contributed by atoms with E-state index < -0.39 is 10.0 Å². The number of hydrogen-bond donors (Lipinski definition) is 1. The van der Waals surface area contributed by atoms with E-state index in [1.807, 2.05) is 18.4 Å². The number of hydrogen-bond acceptors (Lipinski definition) is 6. The van der Waals surface area contributed by atoms with Crippen LogP contribution in [0.4, 0.5) is 5.00 Å². The number of rotatable bonds is 5. The van der Waals surface area contributed by atoms with Crippen molar-refractivity contribution in [2.45, 2.75) is 48.8 Å². The molecule has 1 aromatic heterocycles. The Kier molecular flexibility index (Phi) is 6.96. The fraction of sp³-hybridized carbons (Fsp3) is 0.478. The van der Waals surface area contributed by atoms with Gasteiger partial charge in [0.25, 0.3) is 0 Å². The Hall–Kier alpha value is -1.86. The maximum Gasteiger partial charge on any atom is 0.244 e. The standard InChI is InChI=1S/C23H27N3O3S3/c1-15-7-8-17-18(14-24)23(31-20(17)13-15)25-22(27)16-9-11-26(12-10-16)32(28,29)21-6-4-3-5-19(21)30-2/h3-6,15-16H,7-13H2,1-2H3,(H,25,27). The molecule has 1 aliphatic heterocycles. The Morgan fingerprint density at radius 1 is 1.25 bits per heavy atom. The van der Waals surface area contributed by atoms with Crippen molar-refractivity contribution in [1.29, 1.82) is 5.26 Å². The van der Waals surface area contributed by atoms with Gasteiger partial charge in [-0.05, 0) is 62.0 Å². The monoisotopic (exact) mass is 489 g/mol. The topological polar surface area (TPSA) is 90.3 Å². The number of carbonyl (C=O) groups excluding carboxylic acids is 1. The number of benzene rings is 1. The zero-order chi connectivity index (χ0) is 22.9. The predicted molar refractivity (Wildman–Crippen MR) is 129 cm³/mol. The van der Waals surface area contributed by atoms with Gasteiger partial charge < -0.3 is 5.32 Å². The van der Waals surface area contributed by atoms with Crippen molar-refractivity contribution in [3.63, 3.8) is 0 Å². The molecule has 6 nitrogen and oxygen atoms in total. The van der Waals surface area contributed by atoms with Crippen LogP contribution in [0.25, 0.3) is 0 Å². The average molecular weight is 490 g/mol. The van der Waals surface area contributed by atoms with Gasteiger partial charge in [-0.2, -0.15) is 9.57 Å². The van der Waals surface area contributed by atoms with Crippen LogP contribution in [0.1, 0.15) is 42.2 Å². The number of nitriles is 1. The summed E-state index contributed by atoms with van der Waals surface area (Å²) in [5.74, 6) is 0.218. The van der Waals surface area contributed by atoms with Gasteiger partial charge in [-0.1, -0.05) is 19.1 Å². The second-order valence-electron chi connectivity index (χ2n) is 8.49. The van der Waals surface area contributed by atoms with Crippen LogP contribution in [-0.4, -0.2) is 38.0 Å². The fourth-order valence-electron chi connectivity index (χ4n) is 4.50. The Balaban J connectivity index is 1.43. The Labute approximate surface area is 198 Å². The summed E-state index contributed by atoms with van der Waals surface area (Å²) in [4.78, 5) is 15.2. The van der Waals surface area contributed by atoms with E-state index in [0.29, 0.717) is 47.3 Å². The maximum absolute atomic E-state index is 13.1. The van der Waals surface area contributed by atoms with E-state index in [2.05, 4.69) is 18.3 Å². The SMILES string of the molecule is CSc1ccccc1S(=O)(=O)N1CCC(C(=O)Nc2sc3c(c2C#N)CCC(C)C3)CC1. The summed E-state index contributed by atoms with van der Waals surface area (Å²) in [7, 11) is -3.59. The summed E-state index contributed by atoms with van der Waals surface area (Å²) in [6.45, 7) is 2.84. The molecule has 1 saturated heterocycles. The third-order valence-electron chi connectivity index (χ3n) is 6.37. The zero-order valence-corrected chi connectivity index (χ0v) is 20.7. The number of piperidine rings is 1. The van der Waals surface area contributed by atoms with Gasteiger partial charge in [0.05, 0.1) is 10.5 Å². The lowest BCUT2D eigenvalue weighted by Crippen LogP contribution is -2.41. The molecular weight excluding hydrogens is 462 g/mol. The van der Waals surface area contributed by atoms with Crippen molar-refractivity contribution in [1.82, 2.24) is 4.31 Å². The normalized spacial score (nSPS) is 19.8. The largest absolute Gasteiger partial charge is 0.316 e. The second kappa shape index (κ2) is 9.56. The molecule has 1 N–H and O–H groups in total. The number of thioether (sulfide) groups is 1. The van der Waals surface area contributed by atoms with Crippen molar-refractivity contribution in [3.05, 3.63) is 40.3 Å². The summed E-state index contributed by atoms with van der Waals surface area (Å²) in [5.41, 5.74) is 1.71. The molecule has 1 aliphatic carbocycles. The van der Waals surface area contributed by atoms with Crippen molar-refractivity contribution < 1.29 is 13.2 Å². The van der Waals surface area contributed by atoms with Gasteiger partial charge >= 0.3 is 0 Å². The van der Waals surface area contributed by atoms with E-state index in [1.165, 1.54) is 32.3 Å². The molecule has 32 heavy (non-hydrogen) atoms. The first-order chi connectivity index (χ1) is 15.3. The van der Waals surface area contributed by atoms with Crippen LogP contribution in [0.5, 0.6) is 0 Å². The first kappa shape index (κ1) is 23.3. The molecule has 170 valence electrons. The molecule has 1 amide bonds. The number of anilines is 1. The smallest absolute Gasteiger partial charge is 0.244 e. The summed E-state index contributed by atoms with van der Waals surface area (Å²) in [6.07, 6.45) is 5.72.